The van der Waals surface area contributed by atoms with Crippen LogP contribution >= 0.6 is 15.9 Å². The van der Waals surface area contributed by atoms with Crippen LogP contribution in [-0.4, -0.2) is 4.69 Å². The topological polar surface area (TPSA) is 17.1 Å². The van der Waals surface area contributed by atoms with Crippen molar-refractivity contribution in [2.24, 2.45) is 0 Å². The lowest BCUT2D eigenvalue weighted by atomic mass is 9.91. The molecule has 1 aromatic rings. The summed E-state index contributed by atoms with van der Waals surface area (Å²) in [5, 5.41) is 0. The molecule has 0 fully saturated rings. The number of benzene rings is 1. The molecule has 88 valence electrons. The molecule has 0 N–H and O–H groups in total. The SMILES string of the molecule is CCCCCC(CC(=O)Br)c1ccccc1. The summed E-state index contributed by atoms with van der Waals surface area (Å²) in [6, 6.07) is 10.3. The van der Waals surface area contributed by atoms with Crippen molar-refractivity contribution in [3.63, 3.8) is 0 Å². The van der Waals surface area contributed by atoms with Crippen LogP contribution in [0, 0.1) is 0 Å². The van der Waals surface area contributed by atoms with Gasteiger partial charge in [0.25, 0.3) is 0 Å². The van der Waals surface area contributed by atoms with Gasteiger partial charge in [-0.25, -0.2) is 0 Å². The van der Waals surface area contributed by atoms with Gasteiger partial charge in [-0.1, -0.05) is 56.5 Å². The highest BCUT2D eigenvalue weighted by Crippen LogP contribution is 2.26. The van der Waals surface area contributed by atoms with E-state index in [1.807, 2.05) is 18.2 Å². The highest BCUT2D eigenvalue weighted by atomic mass is 79.9. The summed E-state index contributed by atoms with van der Waals surface area (Å²) in [4.78, 5) is 11.2. The van der Waals surface area contributed by atoms with Gasteiger partial charge in [0.15, 0.2) is 4.69 Å². The van der Waals surface area contributed by atoms with Gasteiger partial charge in [0.05, 0.1) is 0 Å². The van der Waals surface area contributed by atoms with Gasteiger partial charge in [0.2, 0.25) is 0 Å². The standard InChI is InChI=1S/C14H19BrO/c1-2-3-5-10-13(11-14(15)16)12-8-6-4-7-9-12/h4,6-9,13H,2-3,5,10-11H2,1H3. The van der Waals surface area contributed by atoms with E-state index in [-0.39, 0.29) is 4.69 Å². The Labute approximate surface area is 106 Å². The molecule has 16 heavy (non-hydrogen) atoms. The molecule has 0 radical (unpaired) electrons. The predicted molar refractivity (Wildman–Crippen MR) is 71.9 cm³/mol. The van der Waals surface area contributed by atoms with Crippen LogP contribution in [0.25, 0.3) is 0 Å². The molecule has 1 aromatic carbocycles. The van der Waals surface area contributed by atoms with E-state index in [1.165, 1.54) is 24.8 Å². The van der Waals surface area contributed by atoms with Crippen molar-refractivity contribution < 1.29 is 4.79 Å². The summed E-state index contributed by atoms with van der Waals surface area (Å²) in [6.07, 6.45) is 5.39. The van der Waals surface area contributed by atoms with Gasteiger partial charge < -0.3 is 0 Å². The quantitative estimate of drug-likeness (QED) is 0.525. The highest BCUT2D eigenvalue weighted by Gasteiger charge is 2.13. The first-order valence-corrected chi connectivity index (χ1v) is 6.76. The van der Waals surface area contributed by atoms with Gasteiger partial charge in [-0.2, -0.15) is 0 Å². The number of hydrogen-bond donors (Lipinski definition) is 0. The average Bonchev–Trinajstić information content (AvgIpc) is 2.29. The first kappa shape index (κ1) is 13.4. The van der Waals surface area contributed by atoms with Crippen molar-refractivity contribution in [3.05, 3.63) is 35.9 Å². The Bertz CT molecular complexity index is 308. The zero-order valence-electron chi connectivity index (χ0n) is 9.79. The molecule has 0 spiro atoms. The number of carbonyl (C=O) groups is 1. The van der Waals surface area contributed by atoms with Crippen molar-refractivity contribution in [2.75, 3.05) is 0 Å². The molecule has 2 heteroatoms. The van der Waals surface area contributed by atoms with Gasteiger partial charge in [-0.3, -0.25) is 4.79 Å². The summed E-state index contributed by atoms with van der Waals surface area (Å²) in [6.45, 7) is 2.20. The summed E-state index contributed by atoms with van der Waals surface area (Å²) < 4.78 is 0.109. The van der Waals surface area contributed by atoms with Crippen molar-refractivity contribution in [1.82, 2.24) is 0 Å². The van der Waals surface area contributed by atoms with Crippen LogP contribution in [0.2, 0.25) is 0 Å². The van der Waals surface area contributed by atoms with Crippen molar-refractivity contribution >= 4 is 20.6 Å². The zero-order valence-corrected chi connectivity index (χ0v) is 11.4. The average molecular weight is 283 g/mol. The lowest BCUT2D eigenvalue weighted by Crippen LogP contribution is -2.03. The molecule has 1 atom stereocenters. The number of hydrogen-bond acceptors (Lipinski definition) is 1. The molecular formula is C14H19BrO. The number of unbranched alkanes of at least 4 members (excludes halogenated alkanes) is 2. The number of carbonyl (C=O) groups excluding carboxylic acids is 1. The fraction of sp³-hybridized carbons (Fsp3) is 0.500. The van der Waals surface area contributed by atoms with Crippen LogP contribution in [0.1, 0.15) is 50.5 Å². The van der Waals surface area contributed by atoms with Crippen molar-refractivity contribution in [2.45, 2.75) is 44.9 Å². The van der Waals surface area contributed by atoms with Crippen molar-refractivity contribution in [3.8, 4) is 0 Å². The molecule has 0 bridgehead atoms. The fourth-order valence-electron chi connectivity index (χ4n) is 1.95. The Morgan fingerprint density at radius 3 is 2.50 bits per heavy atom. The van der Waals surface area contributed by atoms with Crippen LogP contribution in [0.5, 0.6) is 0 Å². The van der Waals surface area contributed by atoms with E-state index in [1.54, 1.807) is 0 Å². The van der Waals surface area contributed by atoms with E-state index in [0.717, 1.165) is 6.42 Å². The Hall–Kier alpha value is -0.630. The summed E-state index contributed by atoms with van der Waals surface area (Å²) in [5.74, 6) is 0.375. The molecule has 0 aliphatic rings. The monoisotopic (exact) mass is 282 g/mol. The minimum atomic E-state index is 0.109. The van der Waals surface area contributed by atoms with E-state index in [4.69, 9.17) is 0 Å². The Morgan fingerprint density at radius 1 is 1.25 bits per heavy atom. The van der Waals surface area contributed by atoms with Crippen LogP contribution in [0.4, 0.5) is 0 Å². The Morgan fingerprint density at radius 2 is 1.94 bits per heavy atom. The van der Waals surface area contributed by atoms with E-state index < -0.39 is 0 Å². The maximum Gasteiger partial charge on any atom is 0.198 e. The second-order valence-corrected chi connectivity index (χ2v) is 5.05. The number of rotatable bonds is 7. The maximum atomic E-state index is 11.2. The lowest BCUT2D eigenvalue weighted by Gasteiger charge is -2.15. The third kappa shape index (κ3) is 4.93. The second-order valence-electron chi connectivity index (χ2n) is 4.16. The fourth-order valence-corrected chi connectivity index (χ4v) is 2.34. The molecule has 0 heterocycles. The third-order valence-electron chi connectivity index (χ3n) is 2.83. The Balaban J connectivity index is 2.60. The van der Waals surface area contributed by atoms with Crippen LogP contribution in [0.15, 0.2) is 30.3 Å². The van der Waals surface area contributed by atoms with E-state index in [9.17, 15) is 4.79 Å². The molecule has 1 unspecified atom stereocenters. The minimum Gasteiger partial charge on any atom is -0.287 e. The highest BCUT2D eigenvalue weighted by molar-refractivity contribution is 9.18. The van der Waals surface area contributed by atoms with E-state index >= 15 is 0 Å². The smallest absolute Gasteiger partial charge is 0.198 e. The number of halogens is 1. The first-order valence-electron chi connectivity index (χ1n) is 5.97. The van der Waals surface area contributed by atoms with Crippen LogP contribution in [-0.2, 0) is 4.79 Å². The molecule has 0 aromatic heterocycles. The second kappa shape index (κ2) is 7.61. The van der Waals surface area contributed by atoms with Crippen LogP contribution in [0.3, 0.4) is 0 Å². The van der Waals surface area contributed by atoms with Gasteiger partial charge in [0, 0.05) is 6.42 Å². The third-order valence-corrected chi connectivity index (χ3v) is 3.16. The predicted octanol–water partition coefficient (Wildman–Crippen LogP) is 4.66. The lowest BCUT2D eigenvalue weighted by molar-refractivity contribution is -0.110. The van der Waals surface area contributed by atoms with Gasteiger partial charge in [-0.15, -0.1) is 0 Å². The summed E-state index contributed by atoms with van der Waals surface area (Å²) >= 11 is 3.04. The van der Waals surface area contributed by atoms with E-state index in [0.29, 0.717) is 12.3 Å². The molecule has 1 rings (SSSR count). The summed E-state index contributed by atoms with van der Waals surface area (Å²) in [7, 11) is 0. The molecule has 0 saturated carbocycles. The van der Waals surface area contributed by atoms with Gasteiger partial charge >= 0.3 is 0 Å². The molecule has 0 saturated heterocycles. The van der Waals surface area contributed by atoms with E-state index in [2.05, 4.69) is 35.0 Å². The molecule has 0 aliphatic carbocycles. The van der Waals surface area contributed by atoms with Crippen LogP contribution < -0.4 is 0 Å². The van der Waals surface area contributed by atoms with Crippen molar-refractivity contribution in [1.29, 1.82) is 0 Å². The first-order chi connectivity index (χ1) is 7.74. The zero-order chi connectivity index (χ0) is 11.8. The molecular weight excluding hydrogens is 264 g/mol. The molecule has 1 nitrogen and oxygen atoms in total. The van der Waals surface area contributed by atoms with Gasteiger partial charge in [-0.05, 0) is 33.8 Å². The molecule has 0 aliphatic heterocycles. The Kier molecular flexibility index (Phi) is 6.39. The minimum absolute atomic E-state index is 0.109. The van der Waals surface area contributed by atoms with Gasteiger partial charge in [0.1, 0.15) is 0 Å². The normalized spacial score (nSPS) is 12.4. The molecule has 0 amide bonds. The maximum absolute atomic E-state index is 11.2. The largest absolute Gasteiger partial charge is 0.287 e. The summed E-state index contributed by atoms with van der Waals surface area (Å²) in [5.41, 5.74) is 1.28.